The number of rotatable bonds is 6. The molecule has 1 fully saturated rings. The van der Waals surface area contributed by atoms with Crippen LogP contribution in [0.4, 0.5) is 0 Å². The highest BCUT2D eigenvalue weighted by Gasteiger charge is 2.33. The van der Waals surface area contributed by atoms with E-state index < -0.39 is 10.0 Å². The molecule has 1 atom stereocenters. The van der Waals surface area contributed by atoms with E-state index in [0.29, 0.717) is 31.7 Å². The molecule has 1 saturated heterocycles. The van der Waals surface area contributed by atoms with Gasteiger partial charge < -0.3 is 9.64 Å². The molecule has 0 saturated carbocycles. The zero-order valence-electron chi connectivity index (χ0n) is 15.4. The maximum atomic E-state index is 12.9. The van der Waals surface area contributed by atoms with Gasteiger partial charge in [0, 0.05) is 38.9 Å². The number of sulfonamides is 1. The van der Waals surface area contributed by atoms with E-state index >= 15 is 0 Å². The van der Waals surface area contributed by atoms with Gasteiger partial charge in [0.25, 0.3) is 5.91 Å². The van der Waals surface area contributed by atoms with Crippen LogP contribution in [0.25, 0.3) is 0 Å². The van der Waals surface area contributed by atoms with Crippen molar-refractivity contribution in [3.63, 3.8) is 0 Å². The lowest BCUT2D eigenvalue weighted by atomic mass is 10.2. The van der Waals surface area contributed by atoms with Gasteiger partial charge in [-0.1, -0.05) is 12.1 Å². The van der Waals surface area contributed by atoms with E-state index in [-0.39, 0.29) is 16.9 Å². The quantitative estimate of drug-likeness (QED) is 0.752. The minimum absolute atomic E-state index is 0.126. The Morgan fingerprint density at radius 1 is 1.26 bits per heavy atom. The van der Waals surface area contributed by atoms with Crippen molar-refractivity contribution in [2.75, 3.05) is 27.2 Å². The van der Waals surface area contributed by atoms with E-state index in [4.69, 9.17) is 4.74 Å². The summed E-state index contributed by atoms with van der Waals surface area (Å²) in [5.41, 5.74) is 1.16. The second-order valence-electron chi connectivity index (χ2n) is 6.63. The van der Waals surface area contributed by atoms with Crippen molar-refractivity contribution in [1.29, 1.82) is 0 Å². The van der Waals surface area contributed by atoms with E-state index in [2.05, 4.69) is 4.98 Å². The fourth-order valence-electron chi connectivity index (χ4n) is 2.94. The normalized spacial score (nSPS) is 17.8. The molecule has 1 aromatic carbocycles. The van der Waals surface area contributed by atoms with Crippen molar-refractivity contribution in [2.24, 2.45) is 0 Å². The van der Waals surface area contributed by atoms with Crippen molar-refractivity contribution in [2.45, 2.75) is 24.0 Å². The molecule has 0 radical (unpaired) electrons. The molecule has 1 unspecified atom stereocenters. The molecular formula is C19H23N3O4S. The molecule has 0 N–H and O–H groups in total. The Labute approximate surface area is 159 Å². The third kappa shape index (κ3) is 4.52. The minimum atomic E-state index is -3.67. The highest BCUT2D eigenvalue weighted by molar-refractivity contribution is 7.89. The molecule has 1 aromatic heterocycles. The fourth-order valence-corrected chi connectivity index (χ4v) is 4.47. The summed E-state index contributed by atoms with van der Waals surface area (Å²) in [4.78, 5) is 17.9. The monoisotopic (exact) mass is 389 g/mol. The Bertz CT molecular complexity index is 900. The highest BCUT2D eigenvalue weighted by Crippen LogP contribution is 2.24. The van der Waals surface area contributed by atoms with Gasteiger partial charge in [0.05, 0.1) is 23.3 Å². The zero-order chi connectivity index (χ0) is 19.4. The van der Waals surface area contributed by atoms with Gasteiger partial charge in [0.2, 0.25) is 10.0 Å². The van der Waals surface area contributed by atoms with Crippen LogP contribution in [0.3, 0.4) is 0 Å². The van der Waals surface area contributed by atoms with Crippen molar-refractivity contribution in [3.8, 4) is 0 Å². The van der Waals surface area contributed by atoms with Crippen LogP contribution in [0.2, 0.25) is 0 Å². The molecule has 3 rings (SSSR count). The van der Waals surface area contributed by atoms with Crippen LogP contribution in [0.1, 0.15) is 22.5 Å². The number of carbonyl (C=O) groups is 1. The standard InChI is InChI=1S/C19H23N3O4S/c1-21(2)19(23)15-6-5-8-18(12-15)27(24,25)22-11-9-17(13-22)26-14-16-7-3-4-10-20-16/h3-8,10,12,17H,9,11,13-14H2,1-2H3. The molecule has 2 aromatic rings. The summed E-state index contributed by atoms with van der Waals surface area (Å²) in [5, 5.41) is 0. The van der Waals surface area contributed by atoms with Crippen LogP contribution in [-0.2, 0) is 21.4 Å². The third-order valence-corrected chi connectivity index (χ3v) is 6.29. The topological polar surface area (TPSA) is 79.8 Å². The maximum absolute atomic E-state index is 12.9. The molecule has 0 spiro atoms. The number of amides is 1. The van der Waals surface area contributed by atoms with Crippen LogP contribution < -0.4 is 0 Å². The van der Waals surface area contributed by atoms with Gasteiger partial charge in [-0.15, -0.1) is 0 Å². The number of nitrogens with zero attached hydrogens (tertiary/aromatic N) is 3. The van der Waals surface area contributed by atoms with Crippen LogP contribution in [0.5, 0.6) is 0 Å². The first-order valence-electron chi connectivity index (χ1n) is 8.71. The lowest BCUT2D eigenvalue weighted by Crippen LogP contribution is -2.30. The first-order valence-corrected chi connectivity index (χ1v) is 10.2. The summed E-state index contributed by atoms with van der Waals surface area (Å²) < 4.78 is 33.1. The van der Waals surface area contributed by atoms with Gasteiger partial charge in [-0.25, -0.2) is 8.42 Å². The second kappa shape index (κ2) is 8.16. The predicted octanol–water partition coefficient (Wildman–Crippen LogP) is 1.76. The second-order valence-corrected chi connectivity index (χ2v) is 8.57. The lowest BCUT2D eigenvalue weighted by molar-refractivity contribution is 0.0489. The maximum Gasteiger partial charge on any atom is 0.253 e. The van der Waals surface area contributed by atoms with E-state index in [1.807, 2.05) is 18.2 Å². The van der Waals surface area contributed by atoms with Crippen LogP contribution in [0, 0.1) is 0 Å². The van der Waals surface area contributed by atoms with E-state index in [0.717, 1.165) is 5.69 Å². The summed E-state index contributed by atoms with van der Waals surface area (Å²) >= 11 is 0. The molecule has 144 valence electrons. The molecule has 7 nitrogen and oxygen atoms in total. The van der Waals surface area contributed by atoms with Crippen LogP contribution >= 0.6 is 0 Å². The Kier molecular flexibility index (Phi) is 5.88. The largest absolute Gasteiger partial charge is 0.371 e. The molecule has 1 amide bonds. The summed E-state index contributed by atoms with van der Waals surface area (Å²) in [5.74, 6) is -0.231. The Morgan fingerprint density at radius 2 is 2.07 bits per heavy atom. The van der Waals surface area contributed by atoms with Gasteiger partial charge in [-0.3, -0.25) is 9.78 Å². The van der Waals surface area contributed by atoms with Crippen molar-refractivity contribution < 1.29 is 17.9 Å². The van der Waals surface area contributed by atoms with E-state index in [1.54, 1.807) is 32.4 Å². The average molecular weight is 389 g/mol. The molecular weight excluding hydrogens is 366 g/mol. The van der Waals surface area contributed by atoms with Gasteiger partial charge in [0.15, 0.2) is 0 Å². The Balaban J connectivity index is 1.67. The van der Waals surface area contributed by atoms with Gasteiger partial charge in [0.1, 0.15) is 0 Å². The number of hydrogen-bond acceptors (Lipinski definition) is 5. The van der Waals surface area contributed by atoms with Gasteiger partial charge in [-0.2, -0.15) is 4.31 Å². The fraction of sp³-hybridized carbons (Fsp3) is 0.368. The lowest BCUT2D eigenvalue weighted by Gasteiger charge is -2.18. The number of aromatic nitrogens is 1. The molecule has 0 aliphatic carbocycles. The van der Waals surface area contributed by atoms with Gasteiger partial charge >= 0.3 is 0 Å². The molecule has 27 heavy (non-hydrogen) atoms. The summed E-state index contributed by atoms with van der Waals surface area (Å²) in [6, 6.07) is 11.8. The molecule has 1 aliphatic rings. The summed E-state index contributed by atoms with van der Waals surface area (Å²) in [6.45, 7) is 1.04. The number of carbonyl (C=O) groups excluding carboxylic acids is 1. The number of ether oxygens (including phenoxy) is 1. The van der Waals surface area contributed by atoms with E-state index in [1.165, 1.54) is 21.3 Å². The Hall–Kier alpha value is -2.29. The number of benzene rings is 1. The number of hydrogen-bond donors (Lipinski definition) is 0. The van der Waals surface area contributed by atoms with Crippen molar-refractivity contribution in [1.82, 2.24) is 14.2 Å². The van der Waals surface area contributed by atoms with Crippen LogP contribution in [0.15, 0.2) is 53.6 Å². The Morgan fingerprint density at radius 3 is 2.78 bits per heavy atom. The first-order chi connectivity index (χ1) is 12.9. The minimum Gasteiger partial charge on any atom is -0.371 e. The van der Waals surface area contributed by atoms with Crippen molar-refractivity contribution >= 4 is 15.9 Å². The number of pyridine rings is 1. The SMILES string of the molecule is CN(C)C(=O)c1cccc(S(=O)(=O)N2CCC(OCc3ccccn3)C2)c1. The average Bonchev–Trinajstić information content (AvgIpc) is 3.16. The smallest absolute Gasteiger partial charge is 0.253 e. The molecule has 8 heteroatoms. The highest BCUT2D eigenvalue weighted by atomic mass is 32.2. The molecule has 2 heterocycles. The molecule has 1 aliphatic heterocycles. The third-order valence-electron chi connectivity index (χ3n) is 4.43. The summed E-state index contributed by atoms with van der Waals surface area (Å²) in [7, 11) is -0.404. The van der Waals surface area contributed by atoms with E-state index in [9.17, 15) is 13.2 Å². The molecule has 0 bridgehead atoms. The summed E-state index contributed by atoms with van der Waals surface area (Å²) in [6.07, 6.45) is 2.16. The predicted molar refractivity (Wildman–Crippen MR) is 101 cm³/mol. The first kappa shape index (κ1) is 19.5. The van der Waals surface area contributed by atoms with Crippen LogP contribution in [-0.4, -0.2) is 61.8 Å². The van der Waals surface area contributed by atoms with Gasteiger partial charge in [-0.05, 0) is 36.8 Å². The van der Waals surface area contributed by atoms with Crippen molar-refractivity contribution in [3.05, 3.63) is 59.9 Å². The zero-order valence-corrected chi connectivity index (χ0v) is 16.2.